The highest BCUT2D eigenvalue weighted by atomic mass is 16.5. The smallest absolute Gasteiger partial charge is 0.252 e. The van der Waals surface area contributed by atoms with E-state index in [2.05, 4.69) is 49.5 Å². The maximum absolute atomic E-state index is 13.5. The van der Waals surface area contributed by atoms with E-state index in [0.29, 0.717) is 25.4 Å². The van der Waals surface area contributed by atoms with E-state index in [9.17, 15) is 9.59 Å². The van der Waals surface area contributed by atoms with E-state index in [4.69, 9.17) is 4.74 Å². The third-order valence-corrected chi connectivity index (χ3v) is 7.45. The lowest BCUT2D eigenvalue weighted by molar-refractivity contribution is -0.144. The summed E-state index contributed by atoms with van der Waals surface area (Å²) in [6.45, 7) is 8.46. The number of nitrogens with one attached hydrogen (secondary N) is 1. The summed E-state index contributed by atoms with van der Waals surface area (Å²) < 4.78 is 6.03. The van der Waals surface area contributed by atoms with Crippen molar-refractivity contribution in [3.8, 4) is 11.1 Å². The van der Waals surface area contributed by atoms with Crippen molar-refractivity contribution in [3.05, 3.63) is 59.7 Å². The Kier molecular flexibility index (Phi) is 11.0. The van der Waals surface area contributed by atoms with E-state index in [-0.39, 0.29) is 17.7 Å². The molecule has 1 saturated heterocycles. The van der Waals surface area contributed by atoms with Gasteiger partial charge in [0.15, 0.2) is 0 Å². The van der Waals surface area contributed by atoms with Gasteiger partial charge in [-0.1, -0.05) is 75.2 Å². The normalized spacial score (nSPS) is 15.9. The van der Waals surface area contributed by atoms with E-state index < -0.39 is 6.10 Å². The van der Waals surface area contributed by atoms with Gasteiger partial charge in [0, 0.05) is 39.1 Å². The minimum Gasteiger partial charge on any atom is -0.368 e. The van der Waals surface area contributed by atoms with Crippen molar-refractivity contribution in [3.63, 3.8) is 0 Å². The number of carbonyl (C=O) groups excluding carboxylic acids is 2. The Morgan fingerprint density at radius 2 is 1.72 bits per heavy atom. The average molecular weight is 493 g/mol. The van der Waals surface area contributed by atoms with Gasteiger partial charge in [0.05, 0.1) is 0 Å². The van der Waals surface area contributed by atoms with Crippen molar-refractivity contribution < 1.29 is 14.3 Å². The molecule has 0 bridgehead atoms. The second-order valence-electron chi connectivity index (χ2n) is 10.2. The van der Waals surface area contributed by atoms with Crippen molar-refractivity contribution in [2.24, 2.45) is 11.8 Å². The Balaban J connectivity index is 1.91. The number of carbonyl (C=O) groups is 2. The second kappa shape index (κ2) is 14.2. The minimum absolute atomic E-state index is 0.0828. The molecule has 1 aliphatic rings. The molecule has 196 valence electrons. The summed E-state index contributed by atoms with van der Waals surface area (Å²) in [6, 6.07) is 16.8. The summed E-state index contributed by atoms with van der Waals surface area (Å²) in [7, 11) is 1.71. The number of hydrogen-bond donors (Lipinski definition) is 1. The summed E-state index contributed by atoms with van der Waals surface area (Å²) in [5.41, 5.74) is 4.50. The van der Waals surface area contributed by atoms with Gasteiger partial charge in [0.25, 0.3) is 5.91 Å². The summed E-state index contributed by atoms with van der Waals surface area (Å²) in [5.74, 6) is 0.751. The van der Waals surface area contributed by atoms with Crippen molar-refractivity contribution >= 4 is 11.8 Å². The highest BCUT2D eigenvalue weighted by Gasteiger charge is 2.29. The zero-order chi connectivity index (χ0) is 25.9. The molecule has 2 aromatic rings. The summed E-state index contributed by atoms with van der Waals surface area (Å²) >= 11 is 0. The first-order valence-corrected chi connectivity index (χ1v) is 13.8. The standard InChI is InChI=1S/C31H44N2O3/c1-5-7-11-27(30(34)32-4)21-28-20-25(24-12-9-8-10-13-24)14-15-26(28)22-29(36-6-2)31(35)33-18-16-23(3)17-19-33/h8-10,12-15,20,23,27,29H,5-7,11,16-19,21-22H2,1-4H3,(H,32,34). The first kappa shape index (κ1) is 27.9. The van der Waals surface area contributed by atoms with Gasteiger partial charge in [0.2, 0.25) is 5.91 Å². The lowest BCUT2D eigenvalue weighted by Crippen LogP contribution is -2.45. The maximum Gasteiger partial charge on any atom is 0.252 e. The van der Waals surface area contributed by atoms with Crippen LogP contribution in [-0.4, -0.2) is 49.6 Å². The molecule has 0 saturated carbocycles. The van der Waals surface area contributed by atoms with Gasteiger partial charge >= 0.3 is 0 Å². The van der Waals surface area contributed by atoms with E-state index in [1.807, 2.05) is 30.0 Å². The van der Waals surface area contributed by atoms with Crippen molar-refractivity contribution in [1.29, 1.82) is 0 Å². The minimum atomic E-state index is -0.501. The number of likely N-dealkylation sites (tertiary alicyclic amines) is 1. The molecule has 3 rings (SSSR count). The largest absolute Gasteiger partial charge is 0.368 e. The number of nitrogens with zero attached hydrogens (tertiary/aromatic N) is 1. The van der Waals surface area contributed by atoms with Crippen LogP contribution in [-0.2, 0) is 27.2 Å². The SMILES string of the molecule is CCCCC(Cc1cc(-c2ccccc2)ccc1CC(OCC)C(=O)N1CCC(C)CC1)C(=O)NC. The molecule has 2 unspecified atom stereocenters. The van der Waals surface area contributed by atoms with Crippen LogP contribution in [0.25, 0.3) is 11.1 Å². The maximum atomic E-state index is 13.5. The van der Waals surface area contributed by atoms with Crippen LogP contribution >= 0.6 is 0 Å². The number of rotatable bonds is 12. The first-order valence-electron chi connectivity index (χ1n) is 13.8. The summed E-state index contributed by atoms with van der Waals surface area (Å²) in [6.07, 6.45) is 5.70. The topological polar surface area (TPSA) is 58.6 Å². The van der Waals surface area contributed by atoms with E-state index in [1.165, 1.54) is 0 Å². The Morgan fingerprint density at radius 3 is 2.36 bits per heavy atom. The Bertz CT molecular complexity index is 967. The van der Waals surface area contributed by atoms with Crippen molar-refractivity contribution in [1.82, 2.24) is 10.2 Å². The monoisotopic (exact) mass is 492 g/mol. The van der Waals surface area contributed by atoms with Gasteiger partial charge in [-0.2, -0.15) is 0 Å². The molecule has 5 nitrogen and oxygen atoms in total. The first-order chi connectivity index (χ1) is 17.5. The molecule has 2 atom stereocenters. The van der Waals surface area contributed by atoms with Crippen LogP contribution in [0.1, 0.15) is 64.0 Å². The van der Waals surface area contributed by atoms with Crippen molar-refractivity contribution in [2.45, 2.75) is 71.8 Å². The second-order valence-corrected chi connectivity index (χ2v) is 10.2. The Labute approximate surface area is 217 Å². The molecule has 36 heavy (non-hydrogen) atoms. The van der Waals surface area contributed by atoms with Gasteiger partial charge in [-0.15, -0.1) is 0 Å². The van der Waals surface area contributed by atoms with E-state index in [0.717, 1.165) is 67.4 Å². The molecule has 0 radical (unpaired) electrons. The van der Waals surface area contributed by atoms with Crippen LogP contribution in [0.4, 0.5) is 0 Å². The molecule has 0 spiro atoms. The lowest BCUT2D eigenvalue weighted by atomic mass is 9.87. The molecular formula is C31H44N2O3. The molecule has 1 N–H and O–H groups in total. The fraction of sp³-hybridized carbons (Fsp3) is 0.548. The summed E-state index contributed by atoms with van der Waals surface area (Å²) in [4.78, 5) is 28.2. The zero-order valence-electron chi connectivity index (χ0n) is 22.6. The quantitative estimate of drug-likeness (QED) is 0.416. The third-order valence-electron chi connectivity index (χ3n) is 7.45. The molecule has 2 aromatic carbocycles. The predicted molar refractivity (Wildman–Crippen MR) is 147 cm³/mol. The predicted octanol–water partition coefficient (Wildman–Crippen LogP) is 5.65. The van der Waals surface area contributed by atoms with Crippen LogP contribution in [0, 0.1) is 11.8 Å². The zero-order valence-corrected chi connectivity index (χ0v) is 22.6. The number of amides is 2. The van der Waals surface area contributed by atoms with Crippen LogP contribution in [0.2, 0.25) is 0 Å². The summed E-state index contributed by atoms with van der Waals surface area (Å²) in [5, 5.41) is 2.86. The third kappa shape index (κ3) is 7.67. The van der Waals surface area contributed by atoms with Gasteiger partial charge in [-0.25, -0.2) is 0 Å². The van der Waals surface area contributed by atoms with Crippen LogP contribution in [0.5, 0.6) is 0 Å². The molecule has 0 aromatic heterocycles. The molecule has 1 heterocycles. The van der Waals surface area contributed by atoms with Gasteiger partial charge in [-0.05, 0) is 60.8 Å². The Hall–Kier alpha value is -2.66. The number of benzene rings is 2. The molecule has 1 fully saturated rings. The fourth-order valence-electron chi connectivity index (χ4n) is 5.12. The Morgan fingerprint density at radius 1 is 1.00 bits per heavy atom. The highest BCUT2D eigenvalue weighted by Crippen LogP contribution is 2.28. The lowest BCUT2D eigenvalue weighted by Gasteiger charge is -2.33. The molecular weight excluding hydrogens is 448 g/mol. The fourth-order valence-corrected chi connectivity index (χ4v) is 5.12. The van der Waals surface area contributed by atoms with Crippen LogP contribution in [0.3, 0.4) is 0 Å². The van der Waals surface area contributed by atoms with Gasteiger partial charge < -0.3 is 15.0 Å². The number of piperidine rings is 1. The highest BCUT2D eigenvalue weighted by molar-refractivity contribution is 5.82. The van der Waals surface area contributed by atoms with E-state index >= 15 is 0 Å². The van der Waals surface area contributed by atoms with Crippen LogP contribution < -0.4 is 5.32 Å². The van der Waals surface area contributed by atoms with Crippen LogP contribution in [0.15, 0.2) is 48.5 Å². The van der Waals surface area contributed by atoms with Crippen molar-refractivity contribution in [2.75, 3.05) is 26.7 Å². The molecule has 5 heteroatoms. The number of hydrogen-bond acceptors (Lipinski definition) is 3. The number of unbranched alkanes of at least 4 members (excludes halogenated alkanes) is 1. The molecule has 2 amide bonds. The molecule has 1 aliphatic heterocycles. The van der Waals surface area contributed by atoms with E-state index in [1.54, 1.807) is 7.05 Å². The van der Waals surface area contributed by atoms with Gasteiger partial charge in [-0.3, -0.25) is 9.59 Å². The average Bonchev–Trinajstić information content (AvgIpc) is 2.91. The molecule has 0 aliphatic carbocycles. The number of ether oxygens (including phenoxy) is 1. The van der Waals surface area contributed by atoms with Gasteiger partial charge in [0.1, 0.15) is 6.10 Å².